The predicted octanol–water partition coefficient (Wildman–Crippen LogP) is 3.21. The lowest BCUT2D eigenvalue weighted by Crippen LogP contribution is -2.58. The fourth-order valence-corrected chi connectivity index (χ4v) is 6.56. The lowest BCUT2D eigenvalue weighted by atomic mass is 9.59. The smallest absolute Gasteiger partial charge is 0.255 e. The number of aryl methyl sites for hydroxylation is 1. The first-order valence-corrected chi connectivity index (χ1v) is 12.7. The molecule has 4 rings (SSSR count). The number of hydrogen-bond acceptors (Lipinski definition) is 7. The number of nitrogens with two attached hydrogens (primary N) is 1. The number of rotatable bonds is 6. The minimum Gasteiger partial charge on any atom is -0.508 e. The third-order valence-electron chi connectivity index (χ3n) is 8.06. The standard InChI is InChI=1S/C28H35NO7/c1-5-14-8-16(7-13(4)6-12(2)3)23(31)21-18(14)10-15-9-17-11-19(30)22(27(29)35)26(34)28(17,36)25(33)20(15)24(21)32/h8,12-13,15,17,31-32,34,36H,5-7,9-11H2,1-4H3,(H2,29,35)/t13?,15-,17+,28+/m1/s1. The molecule has 4 atom stereocenters. The van der Waals surface area contributed by atoms with Gasteiger partial charge < -0.3 is 26.2 Å². The van der Waals surface area contributed by atoms with Crippen molar-refractivity contribution in [1.29, 1.82) is 0 Å². The minimum absolute atomic E-state index is 0.0837. The normalized spacial score (nSPS) is 26.6. The van der Waals surface area contributed by atoms with Crippen molar-refractivity contribution in [3.05, 3.63) is 45.2 Å². The number of primary amides is 1. The van der Waals surface area contributed by atoms with E-state index in [-0.39, 0.29) is 35.6 Å². The van der Waals surface area contributed by atoms with Gasteiger partial charge in [0, 0.05) is 17.9 Å². The highest BCUT2D eigenvalue weighted by Gasteiger charge is 2.60. The van der Waals surface area contributed by atoms with E-state index < -0.39 is 52.0 Å². The van der Waals surface area contributed by atoms with Crippen molar-refractivity contribution in [2.24, 2.45) is 29.4 Å². The number of aromatic hydroxyl groups is 1. The van der Waals surface area contributed by atoms with Crippen LogP contribution in [0.1, 0.15) is 69.2 Å². The summed E-state index contributed by atoms with van der Waals surface area (Å²) in [5.74, 6) is -5.17. The molecular weight excluding hydrogens is 462 g/mol. The van der Waals surface area contributed by atoms with Crippen molar-refractivity contribution < 1.29 is 34.8 Å². The van der Waals surface area contributed by atoms with Gasteiger partial charge in [-0.1, -0.05) is 33.8 Å². The SMILES string of the molecule is CCc1cc(CC(C)CC(C)C)c(O)c2c1C[C@H]1C[C@H]3CC(=O)C(C(N)=O)=C(O)[C@@]3(O)C(=O)C1=C2O. The number of hydrogen-bond donors (Lipinski definition) is 5. The Labute approximate surface area is 210 Å². The Morgan fingerprint density at radius 3 is 2.39 bits per heavy atom. The van der Waals surface area contributed by atoms with Crippen LogP contribution in [-0.2, 0) is 33.6 Å². The quantitative estimate of drug-likeness (QED) is 0.377. The number of ketones is 2. The average Bonchev–Trinajstić information content (AvgIpc) is 2.77. The monoisotopic (exact) mass is 497 g/mol. The molecule has 8 nitrogen and oxygen atoms in total. The van der Waals surface area contributed by atoms with Gasteiger partial charge in [0.2, 0.25) is 5.78 Å². The number of carbonyl (C=O) groups is 3. The zero-order valence-corrected chi connectivity index (χ0v) is 21.2. The molecule has 1 fully saturated rings. The highest BCUT2D eigenvalue weighted by molar-refractivity contribution is 6.22. The Morgan fingerprint density at radius 1 is 1.14 bits per heavy atom. The molecule has 0 saturated heterocycles. The Morgan fingerprint density at radius 2 is 1.81 bits per heavy atom. The minimum atomic E-state index is -2.54. The van der Waals surface area contributed by atoms with Crippen LogP contribution < -0.4 is 5.73 Å². The van der Waals surface area contributed by atoms with Crippen LogP contribution in [0.3, 0.4) is 0 Å². The lowest BCUT2D eigenvalue weighted by molar-refractivity contribution is -0.147. The number of Topliss-reactive ketones (excluding diaryl/α,β-unsaturated/α-hetero) is 2. The number of phenolic OH excluding ortho intramolecular Hbond substituents is 1. The van der Waals surface area contributed by atoms with Crippen LogP contribution in [0.5, 0.6) is 5.75 Å². The molecule has 36 heavy (non-hydrogen) atoms. The third-order valence-corrected chi connectivity index (χ3v) is 8.06. The lowest BCUT2D eigenvalue weighted by Gasteiger charge is -2.46. The number of fused-ring (bicyclic) bond motifs is 3. The summed E-state index contributed by atoms with van der Waals surface area (Å²) in [6.07, 6.45) is 2.39. The van der Waals surface area contributed by atoms with E-state index in [1.807, 2.05) is 13.0 Å². The van der Waals surface area contributed by atoms with Crippen LogP contribution in [0.25, 0.3) is 5.76 Å². The maximum atomic E-state index is 13.7. The number of aliphatic hydroxyl groups excluding tert-OH is 2. The second-order valence-electron chi connectivity index (χ2n) is 11.1. The molecule has 1 saturated carbocycles. The van der Waals surface area contributed by atoms with Gasteiger partial charge in [0.15, 0.2) is 11.4 Å². The van der Waals surface area contributed by atoms with Crippen molar-refractivity contribution in [3.8, 4) is 5.75 Å². The molecule has 3 aliphatic carbocycles. The van der Waals surface area contributed by atoms with Crippen LogP contribution in [-0.4, -0.2) is 43.5 Å². The van der Waals surface area contributed by atoms with Gasteiger partial charge in [-0.25, -0.2) is 0 Å². The van der Waals surface area contributed by atoms with E-state index in [4.69, 9.17) is 5.73 Å². The highest BCUT2D eigenvalue weighted by Crippen LogP contribution is 2.52. The molecule has 194 valence electrons. The van der Waals surface area contributed by atoms with Gasteiger partial charge in [0.05, 0.1) is 5.56 Å². The number of phenols is 1. The zero-order valence-electron chi connectivity index (χ0n) is 21.2. The zero-order chi connectivity index (χ0) is 26.7. The van der Waals surface area contributed by atoms with Gasteiger partial charge in [0.25, 0.3) is 5.91 Å². The van der Waals surface area contributed by atoms with Gasteiger partial charge >= 0.3 is 0 Å². The summed E-state index contributed by atoms with van der Waals surface area (Å²) in [6.45, 7) is 8.37. The van der Waals surface area contributed by atoms with E-state index in [9.17, 15) is 34.8 Å². The number of carbonyl (C=O) groups excluding carboxylic acids is 3. The molecule has 0 aromatic heterocycles. The van der Waals surface area contributed by atoms with Gasteiger partial charge in [-0.05, 0) is 66.5 Å². The summed E-state index contributed by atoms with van der Waals surface area (Å²) >= 11 is 0. The molecular formula is C28H35NO7. The number of aliphatic hydroxyl groups is 3. The summed E-state index contributed by atoms with van der Waals surface area (Å²) < 4.78 is 0. The Bertz CT molecular complexity index is 1220. The Balaban J connectivity index is 1.87. The van der Waals surface area contributed by atoms with Crippen molar-refractivity contribution in [2.75, 3.05) is 0 Å². The molecule has 1 amide bonds. The van der Waals surface area contributed by atoms with E-state index in [0.29, 0.717) is 30.7 Å². The fourth-order valence-electron chi connectivity index (χ4n) is 6.56. The number of benzene rings is 1. The van der Waals surface area contributed by atoms with E-state index in [0.717, 1.165) is 17.5 Å². The molecule has 3 aliphatic rings. The molecule has 0 heterocycles. The van der Waals surface area contributed by atoms with Crippen LogP contribution in [0.2, 0.25) is 0 Å². The molecule has 0 aliphatic heterocycles. The van der Waals surface area contributed by atoms with Gasteiger partial charge in [0.1, 0.15) is 22.8 Å². The van der Waals surface area contributed by atoms with E-state index in [1.54, 1.807) is 0 Å². The molecule has 0 radical (unpaired) electrons. The van der Waals surface area contributed by atoms with E-state index in [1.165, 1.54) is 0 Å². The van der Waals surface area contributed by atoms with Crippen molar-refractivity contribution in [3.63, 3.8) is 0 Å². The van der Waals surface area contributed by atoms with Crippen molar-refractivity contribution in [2.45, 2.75) is 71.8 Å². The first-order chi connectivity index (χ1) is 16.8. The maximum Gasteiger partial charge on any atom is 0.255 e. The van der Waals surface area contributed by atoms with Gasteiger partial charge in [-0.3, -0.25) is 14.4 Å². The molecule has 0 spiro atoms. The molecule has 8 heteroatoms. The summed E-state index contributed by atoms with van der Waals surface area (Å²) in [5.41, 5.74) is 4.41. The predicted molar refractivity (Wildman–Crippen MR) is 133 cm³/mol. The largest absolute Gasteiger partial charge is 0.508 e. The summed E-state index contributed by atoms with van der Waals surface area (Å²) in [7, 11) is 0. The van der Waals surface area contributed by atoms with Crippen LogP contribution >= 0.6 is 0 Å². The van der Waals surface area contributed by atoms with Crippen molar-refractivity contribution >= 4 is 23.2 Å². The summed E-state index contributed by atoms with van der Waals surface area (Å²) in [5, 5.41) is 44.7. The first kappa shape index (κ1) is 25.9. The average molecular weight is 498 g/mol. The Hall–Kier alpha value is -3.13. The van der Waals surface area contributed by atoms with Crippen LogP contribution in [0.15, 0.2) is 23.0 Å². The number of amides is 1. The van der Waals surface area contributed by atoms with Crippen molar-refractivity contribution in [1.82, 2.24) is 0 Å². The topological polar surface area (TPSA) is 158 Å². The second kappa shape index (κ2) is 9.07. The fraction of sp³-hybridized carbons (Fsp3) is 0.536. The van der Waals surface area contributed by atoms with E-state index in [2.05, 4.69) is 20.8 Å². The molecule has 1 aromatic rings. The summed E-state index contributed by atoms with van der Waals surface area (Å²) in [4.78, 5) is 37.9. The second-order valence-corrected chi connectivity index (χ2v) is 11.1. The molecule has 1 unspecified atom stereocenters. The van der Waals surface area contributed by atoms with Gasteiger partial charge in [-0.2, -0.15) is 0 Å². The van der Waals surface area contributed by atoms with Gasteiger partial charge in [-0.15, -0.1) is 0 Å². The molecule has 6 N–H and O–H groups in total. The summed E-state index contributed by atoms with van der Waals surface area (Å²) in [6, 6.07) is 1.97. The Kier molecular flexibility index (Phi) is 6.54. The maximum absolute atomic E-state index is 13.7. The van der Waals surface area contributed by atoms with Crippen LogP contribution in [0.4, 0.5) is 0 Å². The first-order valence-electron chi connectivity index (χ1n) is 12.7. The van der Waals surface area contributed by atoms with E-state index >= 15 is 0 Å². The molecule has 0 bridgehead atoms. The van der Waals surface area contributed by atoms with Crippen LogP contribution in [0, 0.1) is 23.7 Å². The third kappa shape index (κ3) is 3.82. The highest BCUT2D eigenvalue weighted by atomic mass is 16.3. The molecule has 1 aromatic carbocycles.